The second kappa shape index (κ2) is 4.94. The molecular formula is C10H22N2O. The van der Waals surface area contributed by atoms with Crippen molar-refractivity contribution in [2.45, 2.75) is 25.9 Å². The summed E-state index contributed by atoms with van der Waals surface area (Å²) in [6, 6.07) is 0. The first-order chi connectivity index (χ1) is 6.14. The Labute approximate surface area is 81.4 Å². The SMILES string of the molecule is COC(C)(C)CCN1CCNCC1. The van der Waals surface area contributed by atoms with E-state index in [1.54, 1.807) is 7.11 Å². The van der Waals surface area contributed by atoms with E-state index in [4.69, 9.17) is 4.74 Å². The van der Waals surface area contributed by atoms with Crippen LogP contribution in [0.25, 0.3) is 0 Å². The van der Waals surface area contributed by atoms with Gasteiger partial charge in [-0.3, -0.25) is 0 Å². The fourth-order valence-corrected chi connectivity index (χ4v) is 1.46. The Bertz CT molecular complexity index is 142. The van der Waals surface area contributed by atoms with Crippen LogP contribution >= 0.6 is 0 Å². The molecule has 1 fully saturated rings. The summed E-state index contributed by atoms with van der Waals surface area (Å²) >= 11 is 0. The maximum atomic E-state index is 5.39. The highest BCUT2D eigenvalue weighted by Gasteiger charge is 2.18. The fraction of sp³-hybridized carbons (Fsp3) is 1.00. The molecule has 1 aliphatic rings. The van der Waals surface area contributed by atoms with E-state index in [0.29, 0.717) is 0 Å². The predicted octanol–water partition coefficient (Wildman–Crippen LogP) is 0.707. The van der Waals surface area contributed by atoms with Crippen LogP contribution in [-0.4, -0.2) is 50.3 Å². The van der Waals surface area contributed by atoms with Gasteiger partial charge in [0, 0.05) is 39.8 Å². The average Bonchev–Trinajstić information content (AvgIpc) is 2.17. The molecule has 0 aromatic rings. The Balaban J connectivity index is 2.17. The molecule has 1 N–H and O–H groups in total. The van der Waals surface area contributed by atoms with Gasteiger partial charge in [0.25, 0.3) is 0 Å². The lowest BCUT2D eigenvalue weighted by Crippen LogP contribution is -2.45. The second-order valence-electron chi connectivity index (χ2n) is 4.31. The van der Waals surface area contributed by atoms with E-state index in [1.807, 2.05) is 0 Å². The molecule has 0 aromatic heterocycles. The van der Waals surface area contributed by atoms with E-state index < -0.39 is 0 Å². The van der Waals surface area contributed by atoms with E-state index in [2.05, 4.69) is 24.1 Å². The van der Waals surface area contributed by atoms with Crippen molar-refractivity contribution in [2.75, 3.05) is 39.8 Å². The number of ether oxygens (including phenoxy) is 1. The first-order valence-corrected chi connectivity index (χ1v) is 5.12. The Kier molecular flexibility index (Phi) is 4.16. The number of hydrogen-bond acceptors (Lipinski definition) is 3. The zero-order chi connectivity index (χ0) is 9.73. The molecule has 0 aliphatic carbocycles. The molecule has 3 nitrogen and oxygen atoms in total. The maximum absolute atomic E-state index is 5.39. The summed E-state index contributed by atoms with van der Waals surface area (Å²) in [7, 11) is 1.79. The number of piperazine rings is 1. The van der Waals surface area contributed by atoms with Crippen LogP contribution in [0.2, 0.25) is 0 Å². The van der Waals surface area contributed by atoms with Gasteiger partial charge in [-0.25, -0.2) is 0 Å². The number of rotatable bonds is 4. The van der Waals surface area contributed by atoms with Crippen molar-refractivity contribution in [2.24, 2.45) is 0 Å². The molecule has 3 heteroatoms. The zero-order valence-electron chi connectivity index (χ0n) is 9.10. The molecule has 0 amide bonds. The third kappa shape index (κ3) is 4.07. The van der Waals surface area contributed by atoms with Crippen molar-refractivity contribution in [1.82, 2.24) is 10.2 Å². The van der Waals surface area contributed by atoms with Crippen LogP contribution < -0.4 is 5.32 Å². The quantitative estimate of drug-likeness (QED) is 0.699. The van der Waals surface area contributed by atoms with Crippen molar-refractivity contribution < 1.29 is 4.74 Å². The smallest absolute Gasteiger partial charge is 0.0634 e. The molecule has 0 saturated carbocycles. The van der Waals surface area contributed by atoms with Crippen LogP contribution in [0.1, 0.15) is 20.3 Å². The van der Waals surface area contributed by atoms with E-state index in [0.717, 1.165) is 26.1 Å². The third-order valence-corrected chi connectivity index (χ3v) is 2.79. The molecule has 0 aromatic carbocycles. The van der Waals surface area contributed by atoms with Crippen molar-refractivity contribution in [3.63, 3.8) is 0 Å². The van der Waals surface area contributed by atoms with Gasteiger partial charge in [0.15, 0.2) is 0 Å². The lowest BCUT2D eigenvalue weighted by Gasteiger charge is -2.31. The Hall–Kier alpha value is -0.120. The topological polar surface area (TPSA) is 24.5 Å². The molecule has 0 atom stereocenters. The summed E-state index contributed by atoms with van der Waals surface area (Å²) in [5, 5.41) is 3.35. The normalized spacial score (nSPS) is 20.5. The lowest BCUT2D eigenvalue weighted by atomic mass is 10.0. The molecule has 1 saturated heterocycles. The van der Waals surface area contributed by atoms with Crippen LogP contribution in [0.15, 0.2) is 0 Å². The zero-order valence-corrected chi connectivity index (χ0v) is 9.10. The first kappa shape index (κ1) is 11.0. The van der Waals surface area contributed by atoms with Crippen molar-refractivity contribution >= 4 is 0 Å². The Morgan fingerprint density at radius 1 is 1.31 bits per heavy atom. The first-order valence-electron chi connectivity index (χ1n) is 5.12. The molecule has 1 heterocycles. The summed E-state index contributed by atoms with van der Waals surface area (Å²) < 4.78 is 5.39. The monoisotopic (exact) mass is 186 g/mol. The number of hydrogen-bond donors (Lipinski definition) is 1. The largest absolute Gasteiger partial charge is 0.379 e. The minimum absolute atomic E-state index is 0.0326. The average molecular weight is 186 g/mol. The van der Waals surface area contributed by atoms with Gasteiger partial charge in [0.2, 0.25) is 0 Å². The number of nitrogens with one attached hydrogen (secondary N) is 1. The highest BCUT2D eigenvalue weighted by atomic mass is 16.5. The fourth-order valence-electron chi connectivity index (χ4n) is 1.46. The predicted molar refractivity (Wildman–Crippen MR) is 55.0 cm³/mol. The van der Waals surface area contributed by atoms with E-state index >= 15 is 0 Å². The molecule has 0 bridgehead atoms. The standard InChI is InChI=1S/C10H22N2O/c1-10(2,13-3)4-7-12-8-5-11-6-9-12/h11H,4-9H2,1-3H3. The third-order valence-electron chi connectivity index (χ3n) is 2.79. The van der Waals surface area contributed by atoms with E-state index in [9.17, 15) is 0 Å². The highest BCUT2D eigenvalue weighted by molar-refractivity contribution is 4.73. The molecule has 1 rings (SSSR count). The molecule has 13 heavy (non-hydrogen) atoms. The summed E-state index contributed by atoms with van der Waals surface area (Å²) in [5.74, 6) is 0. The minimum atomic E-state index is 0.0326. The van der Waals surface area contributed by atoms with Gasteiger partial charge in [0.1, 0.15) is 0 Å². The summed E-state index contributed by atoms with van der Waals surface area (Å²) in [4.78, 5) is 2.50. The highest BCUT2D eigenvalue weighted by Crippen LogP contribution is 2.13. The molecule has 0 unspecified atom stereocenters. The van der Waals surface area contributed by atoms with Gasteiger partial charge in [0.05, 0.1) is 5.60 Å². The number of methoxy groups -OCH3 is 1. The van der Waals surface area contributed by atoms with E-state index in [-0.39, 0.29) is 5.60 Å². The van der Waals surface area contributed by atoms with Gasteiger partial charge in [-0.15, -0.1) is 0 Å². The van der Waals surface area contributed by atoms with Crippen LogP contribution in [0.4, 0.5) is 0 Å². The maximum Gasteiger partial charge on any atom is 0.0634 e. The van der Waals surface area contributed by atoms with Gasteiger partial charge >= 0.3 is 0 Å². The van der Waals surface area contributed by atoms with Crippen molar-refractivity contribution in [3.05, 3.63) is 0 Å². The van der Waals surface area contributed by atoms with Crippen LogP contribution in [-0.2, 0) is 4.74 Å². The Morgan fingerprint density at radius 2 is 1.92 bits per heavy atom. The minimum Gasteiger partial charge on any atom is -0.379 e. The van der Waals surface area contributed by atoms with Gasteiger partial charge < -0.3 is 15.0 Å². The molecule has 0 spiro atoms. The number of nitrogens with zero attached hydrogens (tertiary/aromatic N) is 1. The molecule has 78 valence electrons. The Morgan fingerprint density at radius 3 is 2.46 bits per heavy atom. The molecule has 1 aliphatic heterocycles. The summed E-state index contributed by atoms with van der Waals surface area (Å²) in [5.41, 5.74) is 0.0326. The summed E-state index contributed by atoms with van der Waals surface area (Å²) in [6.45, 7) is 10.1. The lowest BCUT2D eigenvalue weighted by molar-refractivity contribution is 0.00664. The molecular weight excluding hydrogens is 164 g/mol. The van der Waals surface area contributed by atoms with Crippen LogP contribution in [0.5, 0.6) is 0 Å². The van der Waals surface area contributed by atoms with Crippen LogP contribution in [0, 0.1) is 0 Å². The second-order valence-corrected chi connectivity index (χ2v) is 4.31. The van der Waals surface area contributed by atoms with Gasteiger partial charge in [-0.1, -0.05) is 0 Å². The van der Waals surface area contributed by atoms with Crippen LogP contribution in [0.3, 0.4) is 0 Å². The van der Waals surface area contributed by atoms with Crippen molar-refractivity contribution in [3.8, 4) is 0 Å². The molecule has 0 radical (unpaired) electrons. The van der Waals surface area contributed by atoms with Gasteiger partial charge in [-0.05, 0) is 20.3 Å². The van der Waals surface area contributed by atoms with E-state index in [1.165, 1.54) is 13.1 Å². The van der Waals surface area contributed by atoms with Gasteiger partial charge in [-0.2, -0.15) is 0 Å². The van der Waals surface area contributed by atoms with Crippen molar-refractivity contribution in [1.29, 1.82) is 0 Å². The summed E-state index contributed by atoms with van der Waals surface area (Å²) in [6.07, 6.45) is 1.11.